The Bertz CT molecular complexity index is 540. The molecule has 20 heavy (non-hydrogen) atoms. The van der Waals surface area contributed by atoms with Crippen LogP contribution >= 0.6 is 0 Å². The predicted molar refractivity (Wildman–Crippen MR) is 65.9 cm³/mol. The van der Waals surface area contributed by atoms with Crippen LogP contribution in [0.5, 0.6) is 0 Å². The van der Waals surface area contributed by atoms with Crippen LogP contribution in [-0.4, -0.2) is 28.2 Å². The van der Waals surface area contributed by atoms with Gasteiger partial charge in [-0.1, -0.05) is 0 Å². The number of amides is 1. The van der Waals surface area contributed by atoms with Crippen LogP contribution in [0, 0.1) is 11.3 Å². The lowest BCUT2D eigenvalue weighted by Crippen LogP contribution is -2.36. The second kappa shape index (κ2) is 5.15. The first-order valence-corrected chi connectivity index (χ1v) is 6.16. The Morgan fingerprint density at radius 1 is 1.60 bits per heavy atom. The van der Waals surface area contributed by atoms with Gasteiger partial charge in [0.25, 0.3) is 0 Å². The molecule has 1 amide bonds. The summed E-state index contributed by atoms with van der Waals surface area (Å²) in [5.74, 6) is 0.130. The third-order valence-electron chi connectivity index (χ3n) is 2.63. The van der Waals surface area contributed by atoms with Crippen molar-refractivity contribution in [3.63, 3.8) is 0 Å². The van der Waals surface area contributed by atoms with Crippen molar-refractivity contribution in [3.8, 4) is 6.07 Å². The van der Waals surface area contributed by atoms with Crippen LogP contribution < -0.4 is 0 Å². The van der Waals surface area contributed by atoms with E-state index in [0.717, 1.165) is 5.06 Å². The Kier molecular flexibility index (Phi) is 3.70. The average Bonchev–Trinajstić information content (AvgIpc) is 2.92. The number of ether oxygens (including phenoxy) is 1. The summed E-state index contributed by atoms with van der Waals surface area (Å²) in [5.41, 5.74) is -0.101. The number of hydroxylamine groups is 2. The van der Waals surface area contributed by atoms with E-state index >= 15 is 0 Å². The van der Waals surface area contributed by atoms with E-state index in [9.17, 15) is 9.90 Å². The van der Waals surface area contributed by atoms with E-state index in [1.54, 1.807) is 20.8 Å². The molecule has 0 aliphatic carbocycles. The SMILES string of the molecule is CC(C)(C)OC(=O)N1OC(O)C[C@H]1c1coc(C#N)c1. The highest BCUT2D eigenvalue weighted by atomic mass is 16.8. The Hall–Kier alpha value is -2.04. The van der Waals surface area contributed by atoms with E-state index < -0.39 is 24.0 Å². The molecule has 0 radical (unpaired) electrons. The van der Waals surface area contributed by atoms with Crippen molar-refractivity contribution < 1.29 is 23.9 Å². The third-order valence-corrected chi connectivity index (χ3v) is 2.63. The number of hydrogen-bond acceptors (Lipinski definition) is 6. The van der Waals surface area contributed by atoms with E-state index in [-0.39, 0.29) is 12.2 Å². The minimum Gasteiger partial charge on any atom is -0.453 e. The van der Waals surface area contributed by atoms with Gasteiger partial charge in [-0.3, -0.25) is 0 Å². The lowest BCUT2D eigenvalue weighted by Gasteiger charge is -2.26. The zero-order valence-electron chi connectivity index (χ0n) is 11.5. The molecule has 7 heteroatoms. The topological polar surface area (TPSA) is 95.9 Å². The van der Waals surface area contributed by atoms with Crippen molar-refractivity contribution in [2.45, 2.75) is 45.1 Å². The predicted octanol–water partition coefficient (Wildman–Crippen LogP) is 2.08. The van der Waals surface area contributed by atoms with Gasteiger partial charge in [0, 0.05) is 18.1 Å². The van der Waals surface area contributed by atoms with Gasteiger partial charge < -0.3 is 14.3 Å². The van der Waals surface area contributed by atoms with Crippen molar-refractivity contribution >= 4 is 6.09 Å². The van der Waals surface area contributed by atoms with Crippen LogP contribution in [0.3, 0.4) is 0 Å². The Labute approximate surface area is 116 Å². The second-order valence-corrected chi connectivity index (χ2v) is 5.47. The van der Waals surface area contributed by atoms with Crippen molar-refractivity contribution in [1.82, 2.24) is 5.06 Å². The van der Waals surface area contributed by atoms with Gasteiger partial charge in [0.2, 0.25) is 5.76 Å². The highest BCUT2D eigenvalue weighted by molar-refractivity contribution is 5.67. The number of carbonyl (C=O) groups excluding carboxylic acids is 1. The van der Waals surface area contributed by atoms with Gasteiger partial charge in [0.15, 0.2) is 6.29 Å². The summed E-state index contributed by atoms with van der Waals surface area (Å²) >= 11 is 0. The zero-order valence-corrected chi connectivity index (χ0v) is 11.5. The molecule has 0 aromatic carbocycles. The summed E-state index contributed by atoms with van der Waals surface area (Å²) in [6, 6.07) is 2.81. The Morgan fingerprint density at radius 2 is 2.30 bits per heavy atom. The van der Waals surface area contributed by atoms with E-state index in [1.807, 2.05) is 6.07 Å². The molecule has 108 valence electrons. The monoisotopic (exact) mass is 280 g/mol. The molecule has 1 aliphatic rings. The summed E-state index contributed by atoms with van der Waals surface area (Å²) < 4.78 is 10.2. The van der Waals surface area contributed by atoms with Crippen LogP contribution in [-0.2, 0) is 9.57 Å². The Morgan fingerprint density at radius 3 is 2.85 bits per heavy atom. The maximum absolute atomic E-state index is 12.0. The quantitative estimate of drug-likeness (QED) is 0.846. The molecule has 1 fully saturated rings. The lowest BCUT2D eigenvalue weighted by atomic mass is 10.1. The van der Waals surface area contributed by atoms with Crippen LogP contribution in [0.4, 0.5) is 4.79 Å². The fraction of sp³-hybridized carbons (Fsp3) is 0.538. The minimum atomic E-state index is -1.10. The van der Waals surface area contributed by atoms with Crippen LogP contribution in [0.2, 0.25) is 0 Å². The summed E-state index contributed by atoms with van der Waals surface area (Å²) in [7, 11) is 0. The molecule has 1 saturated heterocycles. The van der Waals surface area contributed by atoms with E-state index in [1.165, 1.54) is 12.3 Å². The van der Waals surface area contributed by atoms with E-state index in [0.29, 0.717) is 5.56 Å². The van der Waals surface area contributed by atoms with E-state index in [2.05, 4.69) is 0 Å². The summed E-state index contributed by atoms with van der Waals surface area (Å²) in [5, 5.41) is 19.3. The van der Waals surface area contributed by atoms with Crippen LogP contribution in [0.1, 0.15) is 44.6 Å². The highest BCUT2D eigenvalue weighted by Gasteiger charge is 2.40. The van der Waals surface area contributed by atoms with Gasteiger partial charge in [-0.15, -0.1) is 0 Å². The number of furan rings is 1. The first kappa shape index (κ1) is 14.4. The number of hydrogen-bond donors (Lipinski definition) is 1. The first-order chi connectivity index (χ1) is 9.30. The van der Waals surface area contributed by atoms with Crippen LogP contribution in [0.15, 0.2) is 16.7 Å². The molecule has 0 spiro atoms. The lowest BCUT2D eigenvalue weighted by molar-refractivity contribution is -0.207. The molecule has 2 rings (SSSR count). The van der Waals surface area contributed by atoms with E-state index in [4.69, 9.17) is 19.3 Å². The molecule has 1 aromatic heterocycles. The molecule has 2 heterocycles. The average molecular weight is 280 g/mol. The first-order valence-electron chi connectivity index (χ1n) is 6.16. The number of aliphatic hydroxyl groups is 1. The molecule has 1 aromatic rings. The maximum atomic E-state index is 12.0. The minimum absolute atomic E-state index is 0.130. The van der Waals surface area contributed by atoms with Crippen molar-refractivity contribution in [3.05, 3.63) is 23.7 Å². The summed E-state index contributed by atoms with van der Waals surface area (Å²) in [6.07, 6.45) is -0.252. The fourth-order valence-corrected chi connectivity index (χ4v) is 1.87. The Balaban J connectivity index is 2.18. The van der Waals surface area contributed by atoms with Gasteiger partial charge in [0.1, 0.15) is 11.7 Å². The molecule has 1 unspecified atom stereocenters. The number of rotatable bonds is 1. The third kappa shape index (κ3) is 3.10. The number of carbonyl (C=O) groups is 1. The molecule has 7 nitrogen and oxygen atoms in total. The molecule has 0 bridgehead atoms. The number of aliphatic hydroxyl groups excluding tert-OH is 1. The molecule has 2 atom stereocenters. The molecule has 0 saturated carbocycles. The molecular formula is C13H16N2O5. The summed E-state index contributed by atoms with van der Waals surface area (Å²) in [4.78, 5) is 17.1. The smallest absolute Gasteiger partial charge is 0.435 e. The van der Waals surface area contributed by atoms with Crippen LogP contribution in [0.25, 0.3) is 0 Å². The molecular weight excluding hydrogens is 264 g/mol. The zero-order chi connectivity index (χ0) is 14.9. The largest absolute Gasteiger partial charge is 0.453 e. The normalized spacial score (nSPS) is 22.6. The van der Waals surface area contributed by atoms with Gasteiger partial charge in [0.05, 0.1) is 12.3 Å². The van der Waals surface area contributed by atoms with Crippen molar-refractivity contribution in [2.24, 2.45) is 0 Å². The van der Waals surface area contributed by atoms with Gasteiger partial charge >= 0.3 is 6.09 Å². The number of nitrogens with zero attached hydrogens (tertiary/aromatic N) is 2. The second-order valence-electron chi connectivity index (χ2n) is 5.47. The standard InChI is InChI=1S/C13H16N2O5/c1-13(2,3)19-12(17)15-10(5-11(16)20-15)8-4-9(6-14)18-7-8/h4,7,10-11,16H,5H2,1-3H3/t10-,11?/m0/s1. The highest BCUT2D eigenvalue weighted by Crippen LogP contribution is 2.35. The molecule has 1 N–H and O–H groups in total. The van der Waals surface area contributed by atoms with Gasteiger partial charge in [-0.25, -0.2) is 9.63 Å². The maximum Gasteiger partial charge on any atom is 0.435 e. The summed E-state index contributed by atoms with van der Waals surface area (Å²) in [6.45, 7) is 5.20. The fourth-order valence-electron chi connectivity index (χ4n) is 1.87. The van der Waals surface area contributed by atoms with Crippen molar-refractivity contribution in [2.75, 3.05) is 0 Å². The van der Waals surface area contributed by atoms with Gasteiger partial charge in [-0.05, 0) is 20.8 Å². The molecule has 1 aliphatic heterocycles. The van der Waals surface area contributed by atoms with Crippen molar-refractivity contribution in [1.29, 1.82) is 5.26 Å². The number of nitriles is 1. The van der Waals surface area contributed by atoms with Gasteiger partial charge in [-0.2, -0.15) is 10.3 Å².